The molecule has 2 rings (SSSR count). The Morgan fingerprint density at radius 3 is 2.43 bits per heavy atom. The van der Waals surface area contributed by atoms with Crippen LogP contribution in [0.15, 0.2) is 48.5 Å². The molecule has 0 aliphatic heterocycles. The number of hydrogen-bond donors (Lipinski definition) is 2. The molecule has 0 unspecified atom stereocenters. The van der Waals surface area contributed by atoms with Gasteiger partial charge in [0.15, 0.2) is 0 Å². The SMILES string of the molecule is CCOc1ccccc1NCCC(=O)Nc1ccccc1CC. The van der Waals surface area contributed by atoms with Crippen molar-refractivity contribution in [2.45, 2.75) is 26.7 Å². The van der Waals surface area contributed by atoms with Gasteiger partial charge in [-0.2, -0.15) is 0 Å². The number of nitrogens with one attached hydrogen (secondary N) is 2. The van der Waals surface area contributed by atoms with E-state index in [0.29, 0.717) is 19.6 Å². The molecule has 122 valence electrons. The highest BCUT2D eigenvalue weighted by Gasteiger charge is 2.06. The molecule has 2 N–H and O–H groups in total. The Morgan fingerprint density at radius 2 is 1.70 bits per heavy atom. The minimum atomic E-state index is 0.00675. The number of benzene rings is 2. The topological polar surface area (TPSA) is 50.4 Å². The summed E-state index contributed by atoms with van der Waals surface area (Å²) in [6, 6.07) is 15.7. The maximum Gasteiger partial charge on any atom is 0.226 e. The van der Waals surface area contributed by atoms with Crippen LogP contribution in [0.3, 0.4) is 0 Å². The Kier molecular flexibility index (Phi) is 6.48. The van der Waals surface area contributed by atoms with Crippen LogP contribution in [0.4, 0.5) is 11.4 Å². The van der Waals surface area contributed by atoms with E-state index in [1.807, 2.05) is 55.5 Å². The molecule has 23 heavy (non-hydrogen) atoms. The smallest absolute Gasteiger partial charge is 0.226 e. The van der Waals surface area contributed by atoms with Crippen LogP contribution in [0.2, 0.25) is 0 Å². The van der Waals surface area contributed by atoms with E-state index in [9.17, 15) is 4.79 Å². The molecule has 2 aromatic carbocycles. The number of anilines is 2. The van der Waals surface area contributed by atoms with Crippen LogP contribution in [0, 0.1) is 0 Å². The number of hydrogen-bond acceptors (Lipinski definition) is 3. The summed E-state index contributed by atoms with van der Waals surface area (Å²) in [7, 11) is 0. The third-order valence-electron chi connectivity index (χ3n) is 3.53. The van der Waals surface area contributed by atoms with E-state index >= 15 is 0 Å². The standard InChI is InChI=1S/C19H24N2O2/c1-3-15-9-5-6-10-16(15)21-19(22)13-14-20-17-11-7-8-12-18(17)23-4-2/h5-12,20H,3-4,13-14H2,1-2H3,(H,21,22). The fraction of sp³-hybridized carbons (Fsp3) is 0.316. The van der Waals surface area contributed by atoms with Crippen LogP contribution in [-0.4, -0.2) is 19.1 Å². The fourth-order valence-electron chi connectivity index (χ4n) is 2.37. The monoisotopic (exact) mass is 312 g/mol. The summed E-state index contributed by atoms with van der Waals surface area (Å²) in [6.45, 7) is 5.21. The molecule has 0 spiro atoms. The lowest BCUT2D eigenvalue weighted by molar-refractivity contribution is -0.115. The summed E-state index contributed by atoms with van der Waals surface area (Å²) in [5, 5.41) is 6.23. The van der Waals surface area contributed by atoms with Crippen LogP contribution >= 0.6 is 0 Å². The molecule has 0 saturated heterocycles. The van der Waals surface area contributed by atoms with Gasteiger partial charge in [0.25, 0.3) is 0 Å². The molecule has 0 bridgehead atoms. The van der Waals surface area contributed by atoms with Crippen LogP contribution in [0.25, 0.3) is 0 Å². The second kappa shape index (κ2) is 8.83. The minimum absolute atomic E-state index is 0.00675. The van der Waals surface area contributed by atoms with Gasteiger partial charge in [-0.3, -0.25) is 4.79 Å². The van der Waals surface area contributed by atoms with Crippen molar-refractivity contribution in [3.05, 3.63) is 54.1 Å². The number of aryl methyl sites for hydroxylation is 1. The van der Waals surface area contributed by atoms with Crippen molar-refractivity contribution in [2.24, 2.45) is 0 Å². The molecular formula is C19H24N2O2. The van der Waals surface area contributed by atoms with Gasteiger partial charge in [0.05, 0.1) is 12.3 Å². The maximum absolute atomic E-state index is 12.1. The Morgan fingerprint density at radius 1 is 1.00 bits per heavy atom. The molecule has 0 aliphatic rings. The van der Waals surface area contributed by atoms with Crippen LogP contribution in [-0.2, 0) is 11.2 Å². The summed E-state index contributed by atoms with van der Waals surface area (Å²) in [6.07, 6.45) is 1.30. The molecule has 0 fully saturated rings. The van der Waals surface area contributed by atoms with Gasteiger partial charge in [-0.1, -0.05) is 37.3 Å². The molecule has 0 radical (unpaired) electrons. The predicted octanol–water partition coefficient (Wildman–Crippen LogP) is 4.09. The first kappa shape index (κ1) is 16.9. The zero-order chi connectivity index (χ0) is 16.5. The van der Waals surface area contributed by atoms with Crippen LogP contribution in [0.5, 0.6) is 5.75 Å². The summed E-state index contributed by atoms with van der Waals surface area (Å²) in [5.41, 5.74) is 2.96. The highest BCUT2D eigenvalue weighted by Crippen LogP contribution is 2.23. The number of carbonyl (C=O) groups excluding carboxylic acids is 1. The zero-order valence-electron chi connectivity index (χ0n) is 13.8. The normalized spacial score (nSPS) is 10.2. The molecule has 4 nitrogen and oxygen atoms in total. The highest BCUT2D eigenvalue weighted by molar-refractivity contribution is 5.91. The van der Waals surface area contributed by atoms with Crippen molar-refractivity contribution in [3.8, 4) is 5.75 Å². The van der Waals surface area contributed by atoms with E-state index in [0.717, 1.165) is 29.1 Å². The van der Waals surface area contributed by atoms with E-state index < -0.39 is 0 Å². The molecular weight excluding hydrogens is 288 g/mol. The summed E-state index contributed by atoms with van der Waals surface area (Å²) in [4.78, 5) is 12.1. The molecule has 0 saturated carbocycles. The van der Waals surface area contributed by atoms with E-state index in [4.69, 9.17) is 4.74 Å². The first-order valence-corrected chi connectivity index (χ1v) is 8.08. The van der Waals surface area contributed by atoms with Crippen LogP contribution in [0.1, 0.15) is 25.8 Å². The lowest BCUT2D eigenvalue weighted by atomic mass is 10.1. The van der Waals surface area contributed by atoms with Gasteiger partial charge in [0.2, 0.25) is 5.91 Å². The largest absolute Gasteiger partial charge is 0.492 e. The lowest BCUT2D eigenvalue weighted by Gasteiger charge is -2.13. The van der Waals surface area contributed by atoms with Gasteiger partial charge in [-0.05, 0) is 37.1 Å². The average Bonchev–Trinajstić information content (AvgIpc) is 2.57. The first-order chi connectivity index (χ1) is 11.2. The van der Waals surface area contributed by atoms with Crippen LogP contribution < -0.4 is 15.4 Å². The van der Waals surface area contributed by atoms with Crippen molar-refractivity contribution in [1.82, 2.24) is 0 Å². The van der Waals surface area contributed by atoms with Gasteiger partial charge < -0.3 is 15.4 Å². The molecule has 0 aromatic heterocycles. The van der Waals surface area contributed by atoms with Crippen molar-refractivity contribution < 1.29 is 9.53 Å². The second-order valence-corrected chi connectivity index (χ2v) is 5.16. The Bertz CT molecular complexity index is 641. The molecule has 0 atom stereocenters. The van der Waals surface area contributed by atoms with E-state index in [2.05, 4.69) is 17.6 Å². The summed E-state index contributed by atoms with van der Waals surface area (Å²) < 4.78 is 5.56. The Balaban J connectivity index is 1.85. The molecule has 0 heterocycles. The Hall–Kier alpha value is -2.49. The molecule has 2 aromatic rings. The summed E-state index contributed by atoms with van der Waals surface area (Å²) >= 11 is 0. The van der Waals surface area contributed by atoms with Crippen molar-refractivity contribution in [1.29, 1.82) is 0 Å². The number of rotatable bonds is 8. The van der Waals surface area contributed by atoms with Crippen molar-refractivity contribution in [3.63, 3.8) is 0 Å². The van der Waals surface area contributed by atoms with Crippen molar-refractivity contribution >= 4 is 17.3 Å². The second-order valence-electron chi connectivity index (χ2n) is 5.16. The summed E-state index contributed by atoms with van der Waals surface area (Å²) in [5.74, 6) is 0.819. The third-order valence-corrected chi connectivity index (χ3v) is 3.53. The van der Waals surface area contributed by atoms with Gasteiger partial charge in [0.1, 0.15) is 5.75 Å². The Labute approximate surface area is 137 Å². The number of amides is 1. The molecule has 1 amide bonds. The van der Waals surface area contributed by atoms with E-state index in [1.165, 1.54) is 0 Å². The van der Waals surface area contributed by atoms with E-state index in [-0.39, 0.29) is 5.91 Å². The number of para-hydroxylation sites is 3. The number of carbonyl (C=O) groups is 1. The molecule has 0 aliphatic carbocycles. The quantitative estimate of drug-likeness (QED) is 0.772. The van der Waals surface area contributed by atoms with Gasteiger partial charge in [0, 0.05) is 18.7 Å². The van der Waals surface area contributed by atoms with E-state index in [1.54, 1.807) is 0 Å². The van der Waals surface area contributed by atoms with Gasteiger partial charge >= 0.3 is 0 Å². The van der Waals surface area contributed by atoms with Crippen molar-refractivity contribution in [2.75, 3.05) is 23.8 Å². The van der Waals surface area contributed by atoms with Gasteiger partial charge in [-0.15, -0.1) is 0 Å². The first-order valence-electron chi connectivity index (χ1n) is 8.08. The number of ether oxygens (including phenoxy) is 1. The molecule has 4 heteroatoms. The average molecular weight is 312 g/mol. The predicted molar refractivity (Wildman–Crippen MR) is 95.2 cm³/mol. The lowest BCUT2D eigenvalue weighted by Crippen LogP contribution is -2.17. The fourth-order valence-corrected chi connectivity index (χ4v) is 2.37. The zero-order valence-corrected chi connectivity index (χ0v) is 13.8. The van der Waals surface area contributed by atoms with Gasteiger partial charge in [-0.25, -0.2) is 0 Å². The maximum atomic E-state index is 12.1. The third kappa shape index (κ3) is 5.02. The highest BCUT2D eigenvalue weighted by atomic mass is 16.5. The minimum Gasteiger partial charge on any atom is -0.492 e.